The minimum atomic E-state index is -0.542. The van der Waals surface area contributed by atoms with Gasteiger partial charge in [0.25, 0.3) is 5.56 Å². The van der Waals surface area contributed by atoms with E-state index in [-0.39, 0.29) is 17.7 Å². The lowest BCUT2D eigenvalue weighted by Gasteiger charge is -2.10. The Labute approximate surface area is 187 Å². The van der Waals surface area contributed by atoms with Gasteiger partial charge >= 0.3 is 5.69 Å². The fourth-order valence-corrected chi connectivity index (χ4v) is 4.46. The molecule has 166 valence electrons. The Kier molecular flexibility index (Phi) is 6.00. The normalized spacial score (nSPS) is 11.1. The fraction of sp³-hybridized carbons (Fsp3) is 0.261. The maximum Gasteiger partial charge on any atom is 0.329 e. The summed E-state index contributed by atoms with van der Waals surface area (Å²) in [6.45, 7) is 4.26. The van der Waals surface area contributed by atoms with Gasteiger partial charge in [-0.15, -0.1) is 11.3 Å². The molecule has 0 aliphatic rings. The molecule has 4 rings (SSSR count). The van der Waals surface area contributed by atoms with Crippen molar-refractivity contribution in [2.24, 2.45) is 0 Å². The summed E-state index contributed by atoms with van der Waals surface area (Å²) in [5.74, 6) is 0.846. The molecule has 0 bridgehead atoms. The maximum absolute atomic E-state index is 13.4. The first-order valence-electron chi connectivity index (χ1n) is 10.2. The van der Waals surface area contributed by atoms with Gasteiger partial charge in [0.15, 0.2) is 5.75 Å². The number of methoxy groups -OCH3 is 1. The Morgan fingerprint density at radius 3 is 2.62 bits per heavy atom. The SMILES string of the molecule is CCCOc1c[nH]c(Cn2c(=O)[nH]c3scc(-c4cc(C)ccc4OC)c3c2=O)cc1=O. The number of hydrogen-bond acceptors (Lipinski definition) is 6. The van der Waals surface area contributed by atoms with Gasteiger partial charge in [-0.3, -0.25) is 19.1 Å². The molecule has 9 heteroatoms. The van der Waals surface area contributed by atoms with Gasteiger partial charge in [-0.25, -0.2) is 4.79 Å². The number of aromatic nitrogens is 3. The molecule has 2 N–H and O–H groups in total. The van der Waals surface area contributed by atoms with E-state index in [1.54, 1.807) is 7.11 Å². The van der Waals surface area contributed by atoms with Crippen LogP contribution in [-0.4, -0.2) is 28.3 Å². The van der Waals surface area contributed by atoms with Crippen molar-refractivity contribution in [1.29, 1.82) is 0 Å². The van der Waals surface area contributed by atoms with Crippen LogP contribution in [-0.2, 0) is 6.54 Å². The number of hydrogen-bond donors (Lipinski definition) is 2. The first-order valence-corrected chi connectivity index (χ1v) is 11.0. The van der Waals surface area contributed by atoms with E-state index in [0.29, 0.717) is 33.8 Å². The van der Waals surface area contributed by atoms with Crippen molar-refractivity contribution in [3.63, 3.8) is 0 Å². The number of H-pyrrole nitrogens is 2. The molecular weight excluding hydrogens is 430 g/mol. The fourth-order valence-electron chi connectivity index (χ4n) is 3.52. The molecule has 1 aromatic carbocycles. The van der Waals surface area contributed by atoms with Crippen molar-refractivity contribution in [3.8, 4) is 22.6 Å². The highest BCUT2D eigenvalue weighted by Gasteiger charge is 2.18. The standard InChI is InChI=1S/C23H23N3O5S/c1-4-7-31-19-10-24-14(9-17(19)27)11-26-22(28)20-16(12-32-21(20)25-23(26)29)15-8-13(2)5-6-18(15)30-3/h5-6,8-10,12H,4,7,11H2,1-3H3,(H,24,27)(H,25,29). The molecule has 8 nitrogen and oxygen atoms in total. The van der Waals surface area contributed by atoms with Crippen LogP contribution in [0.2, 0.25) is 0 Å². The van der Waals surface area contributed by atoms with Gasteiger partial charge < -0.3 is 14.5 Å². The molecular formula is C23H23N3O5S. The molecule has 0 radical (unpaired) electrons. The number of nitrogens with one attached hydrogen (secondary N) is 2. The van der Waals surface area contributed by atoms with E-state index >= 15 is 0 Å². The zero-order valence-corrected chi connectivity index (χ0v) is 18.8. The molecule has 0 unspecified atom stereocenters. The number of thiophene rings is 1. The summed E-state index contributed by atoms with van der Waals surface area (Å²) in [7, 11) is 1.58. The zero-order valence-electron chi connectivity index (χ0n) is 18.0. The lowest BCUT2D eigenvalue weighted by molar-refractivity contribution is 0.313. The Hall–Kier alpha value is -3.59. The molecule has 0 aliphatic heterocycles. The number of fused-ring (bicyclic) bond motifs is 1. The molecule has 0 spiro atoms. The van der Waals surface area contributed by atoms with Crippen LogP contribution in [0.5, 0.6) is 11.5 Å². The number of pyridine rings is 1. The van der Waals surface area contributed by atoms with E-state index in [0.717, 1.165) is 22.1 Å². The topological polar surface area (TPSA) is 106 Å². The van der Waals surface area contributed by atoms with Crippen LogP contribution in [0.15, 0.2) is 50.2 Å². The third-order valence-corrected chi connectivity index (χ3v) is 5.98. The van der Waals surface area contributed by atoms with Crippen LogP contribution >= 0.6 is 11.3 Å². The minimum absolute atomic E-state index is 0.0758. The number of ether oxygens (including phenoxy) is 2. The average molecular weight is 454 g/mol. The van der Waals surface area contributed by atoms with Gasteiger partial charge in [0.1, 0.15) is 10.6 Å². The van der Waals surface area contributed by atoms with Gasteiger partial charge in [-0.05, 0) is 25.5 Å². The predicted octanol–water partition coefficient (Wildman–Crippen LogP) is 3.26. The Morgan fingerprint density at radius 2 is 1.91 bits per heavy atom. The third kappa shape index (κ3) is 3.99. The highest BCUT2D eigenvalue weighted by Crippen LogP contribution is 2.36. The van der Waals surface area contributed by atoms with Crippen LogP contribution in [0, 0.1) is 6.92 Å². The van der Waals surface area contributed by atoms with Crippen molar-refractivity contribution in [2.75, 3.05) is 13.7 Å². The average Bonchev–Trinajstić information content (AvgIpc) is 3.19. The quantitative estimate of drug-likeness (QED) is 0.447. The van der Waals surface area contributed by atoms with Crippen LogP contribution < -0.4 is 26.2 Å². The molecule has 32 heavy (non-hydrogen) atoms. The van der Waals surface area contributed by atoms with Crippen LogP contribution in [0.3, 0.4) is 0 Å². The molecule has 0 atom stereocenters. The monoisotopic (exact) mass is 453 g/mol. The van der Waals surface area contributed by atoms with E-state index in [1.165, 1.54) is 23.6 Å². The van der Waals surface area contributed by atoms with Gasteiger partial charge in [-0.1, -0.05) is 18.6 Å². The van der Waals surface area contributed by atoms with E-state index in [1.807, 2.05) is 37.4 Å². The number of aromatic amines is 2. The zero-order chi connectivity index (χ0) is 22.8. The highest BCUT2D eigenvalue weighted by molar-refractivity contribution is 7.17. The second-order valence-corrected chi connectivity index (χ2v) is 8.29. The summed E-state index contributed by atoms with van der Waals surface area (Å²) in [6.07, 6.45) is 2.24. The minimum Gasteiger partial charge on any atom is -0.496 e. The maximum atomic E-state index is 13.4. The molecule has 4 aromatic rings. The number of benzene rings is 1. The molecule has 3 aromatic heterocycles. The molecule has 0 aliphatic carbocycles. The summed E-state index contributed by atoms with van der Waals surface area (Å²) in [5, 5.41) is 2.24. The van der Waals surface area contributed by atoms with Gasteiger partial charge in [0, 0.05) is 34.5 Å². The number of nitrogens with zero attached hydrogens (tertiary/aromatic N) is 1. The van der Waals surface area contributed by atoms with Crippen molar-refractivity contribution in [2.45, 2.75) is 26.8 Å². The first kappa shape index (κ1) is 21.6. The summed E-state index contributed by atoms with van der Waals surface area (Å²) in [5.41, 5.74) is 1.63. The number of rotatable bonds is 7. The Morgan fingerprint density at radius 1 is 1.09 bits per heavy atom. The van der Waals surface area contributed by atoms with Crippen molar-refractivity contribution >= 4 is 21.6 Å². The molecule has 3 heterocycles. The van der Waals surface area contributed by atoms with Gasteiger partial charge in [0.05, 0.1) is 25.6 Å². The Bertz CT molecular complexity index is 1460. The summed E-state index contributed by atoms with van der Waals surface area (Å²) in [6, 6.07) is 7.08. The van der Waals surface area contributed by atoms with Crippen molar-refractivity contribution in [1.82, 2.24) is 14.5 Å². The summed E-state index contributed by atoms with van der Waals surface area (Å²) < 4.78 is 12.0. The van der Waals surface area contributed by atoms with E-state index in [4.69, 9.17) is 9.47 Å². The van der Waals surface area contributed by atoms with Crippen molar-refractivity contribution in [3.05, 3.63) is 78.2 Å². The lowest BCUT2D eigenvalue weighted by Crippen LogP contribution is -2.35. The van der Waals surface area contributed by atoms with E-state index < -0.39 is 11.2 Å². The smallest absolute Gasteiger partial charge is 0.329 e. The lowest BCUT2D eigenvalue weighted by atomic mass is 10.0. The van der Waals surface area contributed by atoms with Gasteiger partial charge in [-0.2, -0.15) is 0 Å². The molecule has 0 saturated heterocycles. The van der Waals surface area contributed by atoms with E-state index in [2.05, 4.69) is 9.97 Å². The number of aryl methyl sites for hydroxylation is 1. The summed E-state index contributed by atoms with van der Waals surface area (Å²) >= 11 is 1.29. The second kappa shape index (κ2) is 8.88. The van der Waals surface area contributed by atoms with Gasteiger partial charge in [0.2, 0.25) is 5.43 Å². The first-order chi connectivity index (χ1) is 15.4. The van der Waals surface area contributed by atoms with E-state index in [9.17, 15) is 14.4 Å². The second-order valence-electron chi connectivity index (χ2n) is 7.41. The molecule has 0 saturated carbocycles. The van der Waals surface area contributed by atoms with Crippen LogP contribution in [0.1, 0.15) is 24.6 Å². The van der Waals surface area contributed by atoms with Crippen LogP contribution in [0.4, 0.5) is 0 Å². The predicted molar refractivity (Wildman–Crippen MR) is 125 cm³/mol. The molecule has 0 amide bonds. The third-order valence-electron chi connectivity index (χ3n) is 5.09. The van der Waals surface area contributed by atoms with Crippen LogP contribution in [0.25, 0.3) is 21.3 Å². The summed E-state index contributed by atoms with van der Waals surface area (Å²) in [4.78, 5) is 44.5. The molecule has 0 fully saturated rings. The Balaban J connectivity index is 1.81. The highest BCUT2D eigenvalue weighted by atomic mass is 32.1. The van der Waals surface area contributed by atoms with Crippen molar-refractivity contribution < 1.29 is 9.47 Å². The largest absolute Gasteiger partial charge is 0.496 e.